The zero-order valence-electron chi connectivity index (χ0n) is 13.2. The SMILES string of the molecule is C=CCn1c(SC2CCCCNC2=O)nnc1-c1ccc(Cl)cc1. The lowest BCUT2D eigenvalue weighted by Gasteiger charge is -2.13. The van der Waals surface area contributed by atoms with Crippen LogP contribution in [0.3, 0.4) is 0 Å². The summed E-state index contributed by atoms with van der Waals surface area (Å²) >= 11 is 7.43. The first kappa shape index (κ1) is 17.0. The second-order valence-corrected chi connectivity index (χ2v) is 7.21. The number of nitrogens with zero attached hydrogens (tertiary/aromatic N) is 3. The number of benzene rings is 1. The van der Waals surface area contributed by atoms with Crippen LogP contribution in [0.2, 0.25) is 5.02 Å². The molecular formula is C17H19ClN4OS. The molecule has 0 spiro atoms. The second-order valence-electron chi connectivity index (χ2n) is 5.61. The van der Waals surface area contributed by atoms with Crippen molar-refractivity contribution >= 4 is 29.3 Å². The Labute approximate surface area is 150 Å². The fourth-order valence-corrected chi connectivity index (χ4v) is 3.86. The fraction of sp³-hybridized carbons (Fsp3) is 0.353. The summed E-state index contributed by atoms with van der Waals surface area (Å²) in [6.07, 6.45) is 4.72. The van der Waals surface area contributed by atoms with E-state index in [4.69, 9.17) is 11.6 Å². The van der Waals surface area contributed by atoms with Crippen molar-refractivity contribution in [2.75, 3.05) is 6.54 Å². The summed E-state index contributed by atoms with van der Waals surface area (Å²) in [5.41, 5.74) is 0.936. The van der Waals surface area contributed by atoms with Gasteiger partial charge in [-0.25, -0.2) is 0 Å². The molecule has 126 valence electrons. The molecule has 0 aliphatic carbocycles. The van der Waals surface area contributed by atoms with Crippen molar-refractivity contribution in [1.29, 1.82) is 0 Å². The Balaban J connectivity index is 1.89. The van der Waals surface area contributed by atoms with Gasteiger partial charge in [0.15, 0.2) is 11.0 Å². The average Bonchev–Trinajstić information content (AvgIpc) is 2.85. The number of allylic oxidation sites excluding steroid dienone is 1. The van der Waals surface area contributed by atoms with Crippen molar-refractivity contribution in [3.05, 3.63) is 41.9 Å². The van der Waals surface area contributed by atoms with Gasteiger partial charge in [0.05, 0.1) is 5.25 Å². The van der Waals surface area contributed by atoms with E-state index in [9.17, 15) is 4.79 Å². The molecule has 2 aromatic rings. The molecule has 1 aliphatic heterocycles. The van der Waals surface area contributed by atoms with E-state index >= 15 is 0 Å². The summed E-state index contributed by atoms with van der Waals surface area (Å²) in [7, 11) is 0. The molecule has 1 N–H and O–H groups in total. The quantitative estimate of drug-likeness (QED) is 0.826. The largest absolute Gasteiger partial charge is 0.355 e. The van der Waals surface area contributed by atoms with Crippen LogP contribution < -0.4 is 5.32 Å². The number of hydrogen-bond acceptors (Lipinski definition) is 4. The Hall–Kier alpha value is -1.79. The predicted octanol–water partition coefficient (Wildman–Crippen LogP) is 3.55. The first-order valence-electron chi connectivity index (χ1n) is 7.93. The number of aromatic nitrogens is 3. The molecule has 5 nitrogen and oxygen atoms in total. The number of halogens is 1. The third-order valence-corrected chi connectivity index (χ3v) is 5.36. The maximum atomic E-state index is 12.2. The lowest BCUT2D eigenvalue weighted by Crippen LogP contribution is -2.30. The molecule has 7 heteroatoms. The van der Waals surface area contributed by atoms with Gasteiger partial charge in [0.1, 0.15) is 0 Å². The number of carbonyl (C=O) groups is 1. The highest BCUT2D eigenvalue weighted by Crippen LogP contribution is 2.30. The van der Waals surface area contributed by atoms with Crippen LogP contribution in [0, 0.1) is 0 Å². The predicted molar refractivity (Wildman–Crippen MR) is 97.2 cm³/mol. The zero-order chi connectivity index (χ0) is 16.9. The van der Waals surface area contributed by atoms with Crippen LogP contribution in [0.4, 0.5) is 0 Å². The Bertz CT molecular complexity index is 729. The molecule has 1 amide bonds. The molecule has 1 atom stereocenters. The second kappa shape index (κ2) is 7.85. The first-order chi connectivity index (χ1) is 11.7. The lowest BCUT2D eigenvalue weighted by atomic mass is 10.2. The Morgan fingerprint density at radius 3 is 2.88 bits per heavy atom. The third kappa shape index (κ3) is 3.82. The minimum atomic E-state index is -0.127. The molecule has 1 aromatic carbocycles. The summed E-state index contributed by atoms with van der Waals surface area (Å²) < 4.78 is 1.99. The van der Waals surface area contributed by atoms with Gasteiger partial charge >= 0.3 is 0 Å². The highest BCUT2D eigenvalue weighted by Gasteiger charge is 2.25. The Kier molecular flexibility index (Phi) is 5.58. The van der Waals surface area contributed by atoms with Gasteiger partial charge in [-0.1, -0.05) is 35.9 Å². The number of amides is 1. The van der Waals surface area contributed by atoms with E-state index in [0.29, 0.717) is 11.6 Å². The van der Waals surface area contributed by atoms with Crippen LogP contribution in [0.1, 0.15) is 19.3 Å². The van der Waals surface area contributed by atoms with Crippen LogP contribution in [0.15, 0.2) is 42.1 Å². The Morgan fingerprint density at radius 2 is 2.12 bits per heavy atom. The van der Waals surface area contributed by atoms with Gasteiger partial charge in [0, 0.05) is 23.7 Å². The molecule has 3 rings (SSSR count). The Morgan fingerprint density at radius 1 is 1.33 bits per heavy atom. The number of rotatable bonds is 5. The molecule has 0 radical (unpaired) electrons. The summed E-state index contributed by atoms with van der Waals surface area (Å²) in [4.78, 5) is 12.2. The van der Waals surface area contributed by atoms with Crippen molar-refractivity contribution in [1.82, 2.24) is 20.1 Å². The number of nitrogens with one attached hydrogen (secondary N) is 1. The van der Waals surface area contributed by atoms with Crippen molar-refractivity contribution in [2.45, 2.75) is 36.2 Å². The topological polar surface area (TPSA) is 59.8 Å². The van der Waals surface area contributed by atoms with Crippen molar-refractivity contribution in [2.24, 2.45) is 0 Å². The molecule has 1 aromatic heterocycles. The van der Waals surface area contributed by atoms with Crippen LogP contribution in [-0.4, -0.2) is 32.5 Å². The van der Waals surface area contributed by atoms with E-state index in [1.165, 1.54) is 11.8 Å². The van der Waals surface area contributed by atoms with Crippen molar-refractivity contribution in [3.8, 4) is 11.4 Å². The van der Waals surface area contributed by atoms with Gasteiger partial charge in [0.25, 0.3) is 0 Å². The number of hydrogen-bond donors (Lipinski definition) is 1. The van der Waals surface area contributed by atoms with Gasteiger partial charge in [0.2, 0.25) is 5.91 Å². The summed E-state index contributed by atoms with van der Waals surface area (Å²) in [5.74, 6) is 0.835. The summed E-state index contributed by atoms with van der Waals surface area (Å²) in [6, 6.07) is 7.49. The van der Waals surface area contributed by atoms with Crippen LogP contribution in [-0.2, 0) is 11.3 Å². The third-order valence-electron chi connectivity index (χ3n) is 3.86. The molecular weight excluding hydrogens is 344 g/mol. The standard InChI is InChI=1S/C17H19ClN4OS/c1-2-11-22-15(12-6-8-13(18)9-7-12)20-21-17(22)24-14-5-3-4-10-19-16(14)23/h2,6-9,14H,1,3-5,10-11H2,(H,19,23). The summed E-state index contributed by atoms with van der Waals surface area (Å²) in [5, 5.41) is 12.9. The summed E-state index contributed by atoms with van der Waals surface area (Å²) in [6.45, 7) is 5.16. The molecule has 0 saturated carbocycles. The highest BCUT2D eigenvalue weighted by atomic mass is 35.5. The zero-order valence-corrected chi connectivity index (χ0v) is 14.8. The van der Waals surface area contributed by atoms with Gasteiger partial charge in [-0.05, 0) is 37.1 Å². The normalized spacial score (nSPS) is 18.0. The highest BCUT2D eigenvalue weighted by molar-refractivity contribution is 8.00. The van der Waals surface area contributed by atoms with Gasteiger partial charge < -0.3 is 5.32 Å². The van der Waals surface area contributed by atoms with Crippen LogP contribution in [0.25, 0.3) is 11.4 Å². The molecule has 1 fully saturated rings. The fourth-order valence-electron chi connectivity index (χ4n) is 2.63. The van der Waals surface area contributed by atoms with Gasteiger partial charge in [-0.3, -0.25) is 9.36 Å². The average molecular weight is 363 g/mol. The molecule has 1 unspecified atom stereocenters. The minimum absolute atomic E-state index is 0.0821. The van der Waals surface area contributed by atoms with E-state index in [1.807, 2.05) is 28.8 Å². The molecule has 0 bridgehead atoms. The molecule has 2 heterocycles. The molecule has 24 heavy (non-hydrogen) atoms. The minimum Gasteiger partial charge on any atom is -0.355 e. The smallest absolute Gasteiger partial charge is 0.233 e. The van der Waals surface area contributed by atoms with E-state index in [2.05, 4.69) is 22.1 Å². The van der Waals surface area contributed by atoms with E-state index in [0.717, 1.165) is 42.4 Å². The van der Waals surface area contributed by atoms with Gasteiger partial charge in [-0.2, -0.15) is 0 Å². The molecule has 1 saturated heterocycles. The molecule has 1 aliphatic rings. The van der Waals surface area contributed by atoms with Crippen LogP contribution >= 0.6 is 23.4 Å². The number of carbonyl (C=O) groups excluding carboxylic acids is 1. The first-order valence-corrected chi connectivity index (χ1v) is 9.19. The maximum Gasteiger partial charge on any atom is 0.233 e. The van der Waals surface area contributed by atoms with Crippen LogP contribution in [0.5, 0.6) is 0 Å². The van der Waals surface area contributed by atoms with E-state index in [1.54, 1.807) is 6.08 Å². The number of thioether (sulfide) groups is 1. The lowest BCUT2D eigenvalue weighted by molar-refractivity contribution is -0.120. The van der Waals surface area contributed by atoms with Crippen molar-refractivity contribution in [3.63, 3.8) is 0 Å². The van der Waals surface area contributed by atoms with E-state index in [-0.39, 0.29) is 11.2 Å². The van der Waals surface area contributed by atoms with Gasteiger partial charge in [-0.15, -0.1) is 16.8 Å². The monoisotopic (exact) mass is 362 g/mol. The van der Waals surface area contributed by atoms with Crippen molar-refractivity contribution < 1.29 is 4.79 Å². The maximum absolute atomic E-state index is 12.2. The van der Waals surface area contributed by atoms with E-state index < -0.39 is 0 Å².